The Kier molecular flexibility index (Phi) is 2.74. The van der Waals surface area contributed by atoms with E-state index in [1.807, 2.05) is 5.38 Å². The minimum atomic E-state index is -0.00866. The first-order valence-electron chi connectivity index (χ1n) is 4.80. The second-order valence-corrected chi connectivity index (χ2v) is 4.30. The Hall–Kier alpha value is -0.700. The summed E-state index contributed by atoms with van der Waals surface area (Å²) in [7, 11) is 0. The van der Waals surface area contributed by atoms with Crippen LogP contribution >= 0.6 is 11.3 Å². The zero-order valence-electron chi connectivity index (χ0n) is 7.53. The first-order chi connectivity index (χ1) is 6.38. The molecule has 1 aromatic heterocycles. The van der Waals surface area contributed by atoms with E-state index < -0.39 is 0 Å². The lowest BCUT2D eigenvalue weighted by Gasteiger charge is -2.20. The molecule has 0 unspecified atom stereocenters. The van der Waals surface area contributed by atoms with Gasteiger partial charge in [0.25, 0.3) is 5.56 Å². The van der Waals surface area contributed by atoms with Gasteiger partial charge in [0.05, 0.1) is 5.51 Å². The molecule has 1 aliphatic rings. The average molecular weight is 195 g/mol. The van der Waals surface area contributed by atoms with Crippen LogP contribution in [0.4, 0.5) is 0 Å². The Balaban J connectivity index is 2.24. The zero-order chi connectivity index (χ0) is 9.10. The third-order valence-electron chi connectivity index (χ3n) is 2.72. The fraction of sp³-hybridized carbons (Fsp3) is 0.600. The van der Waals surface area contributed by atoms with Crippen LogP contribution in [-0.4, -0.2) is 4.98 Å². The van der Waals surface area contributed by atoms with E-state index in [-0.39, 0.29) is 5.56 Å². The highest BCUT2D eigenvalue weighted by molar-refractivity contribution is 7.07. The van der Waals surface area contributed by atoms with E-state index in [2.05, 4.69) is 4.98 Å². The molecule has 13 heavy (non-hydrogen) atoms. The van der Waals surface area contributed by atoms with Crippen LogP contribution in [0.15, 0.2) is 15.7 Å². The lowest BCUT2D eigenvalue weighted by atomic mass is 9.85. The topological polar surface area (TPSA) is 30.0 Å². The predicted molar refractivity (Wildman–Crippen MR) is 54.2 cm³/mol. The van der Waals surface area contributed by atoms with Gasteiger partial charge in [-0.3, -0.25) is 4.79 Å². The normalized spacial score (nSPS) is 18.8. The molecule has 0 saturated heterocycles. The van der Waals surface area contributed by atoms with Crippen LogP contribution in [0.5, 0.6) is 0 Å². The molecule has 0 aromatic carbocycles. The van der Waals surface area contributed by atoms with Gasteiger partial charge < -0.3 is 0 Å². The quantitative estimate of drug-likeness (QED) is 0.689. The number of hydrogen-bond donors (Lipinski definition) is 0. The van der Waals surface area contributed by atoms with E-state index in [9.17, 15) is 4.79 Å². The minimum Gasteiger partial charge on any atom is -0.267 e. The molecule has 2 rings (SSSR count). The predicted octanol–water partition coefficient (Wildman–Crippen LogP) is 2.55. The van der Waals surface area contributed by atoms with Gasteiger partial charge >= 0.3 is 0 Å². The molecule has 0 bridgehead atoms. The van der Waals surface area contributed by atoms with Gasteiger partial charge in [-0.05, 0) is 18.8 Å². The zero-order valence-corrected chi connectivity index (χ0v) is 8.35. The summed E-state index contributed by atoms with van der Waals surface area (Å²) in [5, 5.41) is 1.98. The number of nitrogens with zero attached hydrogens (tertiary/aromatic N) is 1. The van der Waals surface area contributed by atoms with Gasteiger partial charge in [-0.15, -0.1) is 11.3 Å². The molecule has 0 atom stereocenters. The summed E-state index contributed by atoms with van der Waals surface area (Å²) in [6.45, 7) is 0. The molecule has 2 nitrogen and oxygen atoms in total. The highest BCUT2D eigenvalue weighted by Crippen LogP contribution is 2.30. The Morgan fingerprint density at radius 2 is 2.08 bits per heavy atom. The Morgan fingerprint density at radius 3 is 2.77 bits per heavy atom. The molecule has 0 radical (unpaired) electrons. The standard InChI is InChI=1S/C10H13NOS/c12-10-9(6-13-7-11-10)8-4-2-1-3-5-8/h6-8H,1-5H2. The molecule has 0 N–H and O–H groups in total. The molecule has 1 heterocycles. The number of rotatable bonds is 1. The maximum Gasteiger partial charge on any atom is 0.274 e. The molecule has 0 amide bonds. The average Bonchev–Trinajstić information content (AvgIpc) is 2.20. The van der Waals surface area contributed by atoms with Gasteiger partial charge in [0.2, 0.25) is 0 Å². The SMILES string of the molecule is O=c1ncscc1C1CCCCC1. The van der Waals surface area contributed by atoms with Gasteiger partial charge in [0, 0.05) is 10.9 Å². The Bertz CT molecular complexity index is 328. The second-order valence-electron chi connectivity index (χ2n) is 3.58. The molecular formula is C10H13NOS. The molecule has 70 valence electrons. The molecule has 0 spiro atoms. The van der Waals surface area contributed by atoms with Crippen molar-refractivity contribution in [2.24, 2.45) is 0 Å². The van der Waals surface area contributed by atoms with E-state index in [1.54, 1.807) is 5.51 Å². The van der Waals surface area contributed by atoms with Crippen molar-refractivity contribution in [2.45, 2.75) is 38.0 Å². The summed E-state index contributed by atoms with van der Waals surface area (Å²) < 4.78 is 0. The highest BCUT2D eigenvalue weighted by Gasteiger charge is 2.17. The van der Waals surface area contributed by atoms with Crippen molar-refractivity contribution in [1.82, 2.24) is 4.98 Å². The van der Waals surface area contributed by atoms with Crippen LogP contribution in [0.2, 0.25) is 0 Å². The summed E-state index contributed by atoms with van der Waals surface area (Å²) in [4.78, 5) is 15.2. The van der Waals surface area contributed by atoms with Gasteiger partial charge in [0.15, 0.2) is 0 Å². The maximum absolute atomic E-state index is 11.4. The van der Waals surface area contributed by atoms with E-state index in [0.29, 0.717) is 5.92 Å². The largest absolute Gasteiger partial charge is 0.274 e. The van der Waals surface area contributed by atoms with E-state index in [4.69, 9.17) is 0 Å². The first kappa shape index (κ1) is 8.88. The summed E-state index contributed by atoms with van der Waals surface area (Å²) >= 11 is 1.53. The van der Waals surface area contributed by atoms with Crippen molar-refractivity contribution < 1.29 is 0 Å². The summed E-state index contributed by atoms with van der Waals surface area (Å²) in [6, 6.07) is 0. The third kappa shape index (κ3) is 1.97. The Labute approximate surface area is 81.6 Å². The number of hydrogen-bond acceptors (Lipinski definition) is 3. The fourth-order valence-electron chi connectivity index (χ4n) is 1.99. The minimum absolute atomic E-state index is 0.00866. The van der Waals surface area contributed by atoms with Gasteiger partial charge in [-0.1, -0.05) is 19.3 Å². The van der Waals surface area contributed by atoms with Crippen molar-refractivity contribution in [3.05, 3.63) is 26.8 Å². The molecule has 1 fully saturated rings. The van der Waals surface area contributed by atoms with Crippen LogP contribution in [0.1, 0.15) is 43.6 Å². The summed E-state index contributed by atoms with van der Waals surface area (Å²) in [5.41, 5.74) is 2.56. The highest BCUT2D eigenvalue weighted by atomic mass is 32.1. The van der Waals surface area contributed by atoms with Crippen LogP contribution in [0, 0.1) is 0 Å². The van der Waals surface area contributed by atoms with Gasteiger partial charge in [-0.25, -0.2) is 4.98 Å². The Morgan fingerprint density at radius 1 is 1.31 bits per heavy atom. The van der Waals surface area contributed by atoms with Gasteiger partial charge in [-0.2, -0.15) is 0 Å². The molecule has 1 saturated carbocycles. The van der Waals surface area contributed by atoms with Crippen LogP contribution in [-0.2, 0) is 0 Å². The lowest BCUT2D eigenvalue weighted by molar-refractivity contribution is 0.441. The summed E-state index contributed by atoms with van der Waals surface area (Å²) in [6.07, 6.45) is 6.21. The van der Waals surface area contributed by atoms with E-state index in [1.165, 1.54) is 43.4 Å². The molecule has 3 heteroatoms. The molecule has 1 aliphatic carbocycles. The van der Waals surface area contributed by atoms with Crippen LogP contribution in [0.25, 0.3) is 0 Å². The molecular weight excluding hydrogens is 182 g/mol. The third-order valence-corrected chi connectivity index (χ3v) is 3.33. The van der Waals surface area contributed by atoms with Crippen molar-refractivity contribution in [1.29, 1.82) is 0 Å². The van der Waals surface area contributed by atoms with Crippen molar-refractivity contribution in [2.75, 3.05) is 0 Å². The first-order valence-corrected chi connectivity index (χ1v) is 5.74. The van der Waals surface area contributed by atoms with Crippen LogP contribution in [0.3, 0.4) is 0 Å². The van der Waals surface area contributed by atoms with Crippen molar-refractivity contribution in [3.8, 4) is 0 Å². The maximum atomic E-state index is 11.4. The van der Waals surface area contributed by atoms with E-state index in [0.717, 1.165) is 5.56 Å². The van der Waals surface area contributed by atoms with Crippen LogP contribution < -0.4 is 5.56 Å². The van der Waals surface area contributed by atoms with Crippen molar-refractivity contribution >= 4 is 11.3 Å². The fourth-order valence-corrected chi connectivity index (χ4v) is 2.65. The summed E-state index contributed by atoms with van der Waals surface area (Å²) in [5.74, 6) is 0.492. The smallest absolute Gasteiger partial charge is 0.267 e. The van der Waals surface area contributed by atoms with Gasteiger partial charge in [0.1, 0.15) is 0 Å². The molecule has 1 aromatic rings. The molecule has 0 aliphatic heterocycles. The number of aromatic nitrogens is 1. The monoisotopic (exact) mass is 195 g/mol. The van der Waals surface area contributed by atoms with E-state index >= 15 is 0 Å². The van der Waals surface area contributed by atoms with Crippen molar-refractivity contribution in [3.63, 3.8) is 0 Å². The lowest BCUT2D eigenvalue weighted by Crippen LogP contribution is -2.16. The second kappa shape index (κ2) is 4.01.